The van der Waals surface area contributed by atoms with Crippen LogP contribution in [-0.2, 0) is 34.0 Å². The molecule has 0 aliphatic heterocycles. The maximum Gasteiger partial charge on any atom is 0.336 e. The number of carbonyl (C=O) groups is 1. The molecule has 0 fully saturated rings. The van der Waals surface area contributed by atoms with Crippen molar-refractivity contribution in [1.29, 1.82) is 0 Å². The van der Waals surface area contributed by atoms with Gasteiger partial charge < -0.3 is 5.32 Å². The number of carbonyl (C=O) groups excluding carboxylic acids is 3. The summed E-state index contributed by atoms with van der Waals surface area (Å²) in [5.74, 6) is 0. The monoisotopic (exact) mass is 506 g/mol. The highest BCUT2D eigenvalue weighted by Crippen LogP contribution is 2.03. The van der Waals surface area contributed by atoms with Gasteiger partial charge in [0.2, 0.25) is 18.6 Å². The maximum atomic E-state index is 13.0. The lowest BCUT2D eigenvalue weighted by Crippen LogP contribution is -2.54. The Labute approximate surface area is 210 Å². The molecule has 0 aromatic carbocycles. The summed E-state index contributed by atoms with van der Waals surface area (Å²) in [5, 5.41) is 2.60. The second kappa shape index (κ2) is 19.9. The first-order valence-corrected chi connectivity index (χ1v) is 12.8. The third-order valence-corrected chi connectivity index (χ3v) is 5.85. The summed E-state index contributed by atoms with van der Waals surface area (Å²) in [6.45, 7) is 2.07. The Morgan fingerprint density at radius 3 is 1.31 bits per heavy atom. The minimum atomic E-state index is -0.586. The summed E-state index contributed by atoms with van der Waals surface area (Å²) >= 11 is 0. The van der Waals surface area contributed by atoms with Crippen LogP contribution in [0.4, 0.5) is 0 Å². The van der Waals surface area contributed by atoms with Crippen molar-refractivity contribution < 1.29 is 14.4 Å². The number of isocyanates is 2. The van der Waals surface area contributed by atoms with E-state index in [1.54, 1.807) is 0 Å². The van der Waals surface area contributed by atoms with Crippen molar-refractivity contribution in [2.24, 2.45) is 9.98 Å². The molecule has 0 aliphatic rings. The van der Waals surface area contributed by atoms with Gasteiger partial charge in [0.1, 0.15) is 0 Å². The largest absolute Gasteiger partial charge is 0.359 e. The zero-order valence-corrected chi connectivity index (χ0v) is 21.0. The summed E-state index contributed by atoms with van der Waals surface area (Å²) in [7, 11) is 0. The van der Waals surface area contributed by atoms with Gasteiger partial charge in [-0.05, 0) is 38.5 Å². The molecular weight excluding hydrogens is 468 g/mol. The number of aromatic nitrogens is 3. The Bertz CT molecular complexity index is 978. The van der Waals surface area contributed by atoms with Gasteiger partial charge in [0.25, 0.3) is 0 Å². The van der Waals surface area contributed by atoms with Crippen LogP contribution in [0.25, 0.3) is 0 Å². The molecule has 36 heavy (non-hydrogen) atoms. The molecule has 1 aromatic rings. The van der Waals surface area contributed by atoms with Crippen molar-refractivity contribution in [3.05, 3.63) is 31.5 Å². The van der Waals surface area contributed by atoms with E-state index in [2.05, 4.69) is 15.3 Å². The average molecular weight is 507 g/mol. The van der Waals surface area contributed by atoms with E-state index >= 15 is 0 Å². The molecule has 0 bridgehead atoms. The number of aliphatic imine (C=N–C) groups is 2. The summed E-state index contributed by atoms with van der Waals surface area (Å²) in [4.78, 5) is 76.6. The number of unbranched alkanes of at least 4 members (excludes halogenated alkanes) is 9. The van der Waals surface area contributed by atoms with Crippen LogP contribution in [0.2, 0.25) is 0 Å². The summed E-state index contributed by atoms with van der Waals surface area (Å²) in [6.07, 6.45) is 12.5. The highest BCUT2D eigenvalue weighted by Gasteiger charge is 2.15. The fraction of sp³-hybridized carbons (Fsp3) is 0.750. The summed E-state index contributed by atoms with van der Waals surface area (Å²) in [5.41, 5.74) is -1.75. The Morgan fingerprint density at radius 1 is 0.583 bits per heavy atom. The predicted molar refractivity (Wildman–Crippen MR) is 135 cm³/mol. The zero-order valence-electron chi connectivity index (χ0n) is 21.0. The van der Waals surface area contributed by atoms with Gasteiger partial charge in [0, 0.05) is 26.2 Å². The molecule has 0 saturated heterocycles. The normalized spacial score (nSPS) is 10.4. The van der Waals surface area contributed by atoms with Crippen molar-refractivity contribution >= 4 is 18.6 Å². The number of rotatable bonds is 22. The van der Waals surface area contributed by atoms with Crippen molar-refractivity contribution in [2.75, 3.05) is 19.6 Å². The lowest BCUT2D eigenvalue weighted by molar-refractivity contribution is -0.109. The maximum absolute atomic E-state index is 13.0. The van der Waals surface area contributed by atoms with Gasteiger partial charge in [-0.3, -0.25) is 4.79 Å². The van der Waals surface area contributed by atoms with E-state index < -0.39 is 17.1 Å². The van der Waals surface area contributed by atoms with Crippen molar-refractivity contribution in [3.8, 4) is 0 Å². The molecule has 200 valence electrons. The second-order valence-corrected chi connectivity index (χ2v) is 8.56. The molecule has 1 heterocycles. The van der Waals surface area contributed by atoms with Crippen LogP contribution < -0.4 is 22.4 Å². The van der Waals surface area contributed by atoms with Gasteiger partial charge in [-0.2, -0.15) is 0 Å². The highest BCUT2D eigenvalue weighted by atomic mass is 16.2. The van der Waals surface area contributed by atoms with Crippen LogP contribution in [0.1, 0.15) is 77.0 Å². The Hall–Kier alpha value is -3.36. The van der Waals surface area contributed by atoms with Gasteiger partial charge in [-0.15, -0.1) is 0 Å². The van der Waals surface area contributed by atoms with E-state index in [0.717, 1.165) is 71.5 Å². The van der Waals surface area contributed by atoms with E-state index in [0.29, 0.717) is 45.3 Å². The molecular formula is C24H38N6O6. The van der Waals surface area contributed by atoms with Crippen LogP contribution >= 0.6 is 0 Å². The SMILES string of the molecule is O=C=NCCCCCCn1c(=O)n(CCCCCCN=C=O)c(=O)n(CCCCCCNC=O)c1=O. The van der Waals surface area contributed by atoms with Crippen LogP contribution in [0, 0.1) is 0 Å². The van der Waals surface area contributed by atoms with Gasteiger partial charge >= 0.3 is 17.1 Å². The lowest BCUT2D eigenvalue weighted by Gasteiger charge is -2.14. The molecule has 0 spiro atoms. The van der Waals surface area contributed by atoms with E-state index in [1.807, 2.05) is 0 Å². The zero-order chi connectivity index (χ0) is 26.4. The van der Waals surface area contributed by atoms with E-state index in [1.165, 1.54) is 12.2 Å². The first kappa shape index (κ1) is 30.7. The number of nitrogens with zero attached hydrogens (tertiary/aromatic N) is 5. The molecule has 12 heteroatoms. The number of hydrogen-bond acceptors (Lipinski definition) is 8. The fourth-order valence-electron chi connectivity index (χ4n) is 3.89. The molecule has 1 N–H and O–H groups in total. The van der Waals surface area contributed by atoms with E-state index in [9.17, 15) is 28.8 Å². The Balaban J connectivity index is 2.87. The van der Waals surface area contributed by atoms with Crippen LogP contribution in [0.3, 0.4) is 0 Å². The molecule has 0 aliphatic carbocycles. The fourth-order valence-corrected chi connectivity index (χ4v) is 3.89. The lowest BCUT2D eigenvalue weighted by atomic mass is 10.2. The minimum absolute atomic E-state index is 0.218. The molecule has 0 radical (unpaired) electrons. The number of amides is 1. The Morgan fingerprint density at radius 2 is 0.944 bits per heavy atom. The van der Waals surface area contributed by atoms with E-state index in [4.69, 9.17) is 0 Å². The molecule has 1 rings (SSSR count). The summed E-state index contributed by atoms with van der Waals surface area (Å²) in [6, 6.07) is 0. The van der Waals surface area contributed by atoms with Crippen molar-refractivity contribution in [1.82, 2.24) is 19.0 Å². The smallest absolute Gasteiger partial charge is 0.336 e. The first-order chi connectivity index (χ1) is 17.6. The standard InChI is InChI=1S/C24H38N6O6/c31-19-25-13-7-1-4-10-16-28-22(34)29(17-11-5-2-8-14-26-20-32)24(36)30(23(28)35)18-12-6-3-9-15-27-21-33/h19H,1-18H2,(H,25,31). The minimum Gasteiger partial charge on any atom is -0.359 e. The molecule has 12 nitrogen and oxygen atoms in total. The third kappa shape index (κ3) is 11.9. The van der Waals surface area contributed by atoms with Crippen LogP contribution in [0.5, 0.6) is 0 Å². The number of nitrogens with one attached hydrogen (secondary N) is 1. The molecule has 1 aromatic heterocycles. The molecule has 1 amide bonds. The van der Waals surface area contributed by atoms with E-state index in [-0.39, 0.29) is 19.6 Å². The predicted octanol–water partition coefficient (Wildman–Crippen LogP) is 1.27. The van der Waals surface area contributed by atoms with Crippen LogP contribution in [0.15, 0.2) is 24.4 Å². The number of hydrogen-bond donors (Lipinski definition) is 1. The average Bonchev–Trinajstić information content (AvgIpc) is 2.87. The highest BCUT2D eigenvalue weighted by molar-refractivity contribution is 5.45. The first-order valence-electron chi connectivity index (χ1n) is 12.8. The summed E-state index contributed by atoms with van der Waals surface area (Å²) < 4.78 is 3.46. The van der Waals surface area contributed by atoms with Crippen LogP contribution in [-0.4, -0.2) is 51.9 Å². The van der Waals surface area contributed by atoms with Gasteiger partial charge in [0.15, 0.2) is 0 Å². The van der Waals surface area contributed by atoms with Crippen molar-refractivity contribution in [2.45, 2.75) is 96.7 Å². The molecule has 0 saturated carbocycles. The molecule has 0 unspecified atom stereocenters. The van der Waals surface area contributed by atoms with Gasteiger partial charge in [0.05, 0.1) is 13.1 Å². The van der Waals surface area contributed by atoms with Gasteiger partial charge in [-0.25, -0.2) is 47.7 Å². The second-order valence-electron chi connectivity index (χ2n) is 8.56. The van der Waals surface area contributed by atoms with Crippen molar-refractivity contribution in [3.63, 3.8) is 0 Å². The third-order valence-electron chi connectivity index (χ3n) is 5.85. The quantitative estimate of drug-likeness (QED) is 0.108. The van der Waals surface area contributed by atoms with Gasteiger partial charge in [-0.1, -0.05) is 38.5 Å². The topological polar surface area (TPSA) is 154 Å². The Kier molecular flexibility index (Phi) is 16.9. The molecule has 0 atom stereocenters.